The normalized spacial score (nSPS) is 15.1. The molecule has 1 aliphatic rings. The monoisotopic (exact) mass is 369 g/mol. The molecule has 1 amide bonds. The molecule has 1 aromatic heterocycles. The van der Waals surface area contributed by atoms with Gasteiger partial charge in [-0.2, -0.15) is 0 Å². The van der Waals surface area contributed by atoms with Crippen molar-refractivity contribution >= 4 is 17.9 Å². The van der Waals surface area contributed by atoms with E-state index in [4.69, 9.17) is 0 Å². The molecule has 1 N–H and O–H groups in total. The summed E-state index contributed by atoms with van der Waals surface area (Å²) < 4.78 is 2.03. The first-order valence-electron chi connectivity index (χ1n) is 9.54. The van der Waals surface area contributed by atoms with E-state index in [0.29, 0.717) is 24.6 Å². The van der Waals surface area contributed by atoms with Crippen LogP contribution in [0.15, 0.2) is 30.6 Å². The number of carbonyl (C=O) groups is 2. The summed E-state index contributed by atoms with van der Waals surface area (Å²) in [7, 11) is 0. The molecule has 2 aromatic rings. The number of carbonyl (C=O) groups excluding carboxylic acids is 2. The standard InChI is InChI=1S/C20H27N5O2/c1-15(2)25-14-22-23-19(25)7-10-21-20(27)17-8-11-24(12-9-17)18-5-3-16(13-26)4-6-18/h3-6,13-15,17H,7-12H2,1-2H3,(H,21,27). The Labute approximate surface area is 159 Å². The fourth-order valence-corrected chi connectivity index (χ4v) is 3.48. The van der Waals surface area contributed by atoms with E-state index in [1.807, 2.05) is 28.8 Å². The molecule has 3 rings (SSSR count). The highest BCUT2D eigenvalue weighted by Gasteiger charge is 2.25. The summed E-state index contributed by atoms with van der Waals surface area (Å²) in [6.07, 6.45) is 4.95. The second-order valence-corrected chi connectivity index (χ2v) is 7.26. The summed E-state index contributed by atoms with van der Waals surface area (Å²) in [5, 5.41) is 11.1. The molecule has 7 heteroatoms. The smallest absolute Gasteiger partial charge is 0.223 e. The van der Waals surface area contributed by atoms with Crippen LogP contribution < -0.4 is 10.2 Å². The van der Waals surface area contributed by atoms with Gasteiger partial charge < -0.3 is 14.8 Å². The highest BCUT2D eigenvalue weighted by atomic mass is 16.1. The van der Waals surface area contributed by atoms with Gasteiger partial charge in [0.1, 0.15) is 18.4 Å². The predicted octanol–water partition coefficient (Wildman–Crippen LogP) is 2.25. The third kappa shape index (κ3) is 4.72. The van der Waals surface area contributed by atoms with E-state index in [9.17, 15) is 9.59 Å². The molecule has 0 bridgehead atoms. The summed E-state index contributed by atoms with van der Waals surface area (Å²) in [5.41, 5.74) is 1.79. The number of rotatable bonds is 7. The number of piperidine rings is 1. The van der Waals surface area contributed by atoms with E-state index in [1.54, 1.807) is 6.33 Å². The second kappa shape index (κ2) is 8.79. The number of amides is 1. The molecular formula is C20H27N5O2. The lowest BCUT2D eigenvalue weighted by atomic mass is 9.95. The minimum absolute atomic E-state index is 0.0541. The van der Waals surface area contributed by atoms with E-state index in [1.165, 1.54) is 0 Å². The topological polar surface area (TPSA) is 80.1 Å². The van der Waals surface area contributed by atoms with Gasteiger partial charge in [0.05, 0.1) is 0 Å². The Morgan fingerprint density at radius 1 is 1.26 bits per heavy atom. The molecule has 0 unspecified atom stereocenters. The van der Waals surface area contributed by atoms with Crippen molar-refractivity contribution < 1.29 is 9.59 Å². The van der Waals surface area contributed by atoms with Gasteiger partial charge in [0.25, 0.3) is 0 Å². The lowest BCUT2D eigenvalue weighted by Gasteiger charge is -2.33. The van der Waals surface area contributed by atoms with Gasteiger partial charge in [0.2, 0.25) is 5.91 Å². The first-order chi connectivity index (χ1) is 13.1. The Hall–Kier alpha value is -2.70. The molecule has 1 fully saturated rings. The molecule has 1 saturated heterocycles. The van der Waals surface area contributed by atoms with E-state index in [2.05, 4.69) is 34.3 Å². The van der Waals surface area contributed by atoms with Crippen LogP contribution in [-0.4, -0.2) is 46.6 Å². The Morgan fingerprint density at radius 2 is 1.96 bits per heavy atom. The third-order valence-electron chi connectivity index (χ3n) is 5.11. The van der Waals surface area contributed by atoms with E-state index < -0.39 is 0 Å². The average molecular weight is 369 g/mol. The molecule has 0 radical (unpaired) electrons. The van der Waals surface area contributed by atoms with Crippen molar-refractivity contribution in [3.8, 4) is 0 Å². The fourth-order valence-electron chi connectivity index (χ4n) is 3.48. The summed E-state index contributed by atoms with van der Waals surface area (Å²) in [6, 6.07) is 7.91. The summed E-state index contributed by atoms with van der Waals surface area (Å²) >= 11 is 0. The molecule has 1 aromatic carbocycles. The van der Waals surface area contributed by atoms with Crippen molar-refractivity contribution in [2.24, 2.45) is 5.92 Å². The number of nitrogens with one attached hydrogen (secondary N) is 1. The average Bonchev–Trinajstić information content (AvgIpc) is 3.17. The third-order valence-corrected chi connectivity index (χ3v) is 5.11. The highest BCUT2D eigenvalue weighted by molar-refractivity contribution is 5.79. The lowest BCUT2D eigenvalue weighted by Crippen LogP contribution is -2.41. The van der Waals surface area contributed by atoms with Gasteiger partial charge in [0, 0.05) is 49.3 Å². The van der Waals surface area contributed by atoms with Crippen LogP contribution in [0.2, 0.25) is 0 Å². The SMILES string of the molecule is CC(C)n1cnnc1CCNC(=O)C1CCN(c2ccc(C=O)cc2)CC1. The number of aldehydes is 1. The van der Waals surface area contributed by atoms with Gasteiger partial charge in [0.15, 0.2) is 0 Å². The van der Waals surface area contributed by atoms with Crippen LogP contribution in [0.5, 0.6) is 0 Å². The number of anilines is 1. The molecule has 7 nitrogen and oxygen atoms in total. The van der Waals surface area contributed by atoms with Gasteiger partial charge in [-0.05, 0) is 51.0 Å². The van der Waals surface area contributed by atoms with Crippen molar-refractivity contribution in [3.05, 3.63) is 42.0 Å². The zero-order valence-electron chi connectivity index (χ0n) is 16.0. The zero-order valence-corrected chi connectivity index (χ0v) is 16.0. The number of hydrogen-bond acceptors (Lipinski definition) is 5. The molecule has 144 valence electrons. The molecule has 1 aliphatic heterocycles. The lowest BCUT2D eigenvalue weighted by molar-refractivity contribution is -0.125. The maximum absolute atomic E-state index is 12.5. The number of benzene rings is 1. The van der Waals surface area contributed by atoms with Gasteiger partial charge in [-0.1, -0.05) is 0 Å². The number of nitrogens with zero attached hydrogens (tertiary/aromatic N) is 4. The van der Waals surface area contributed by atoms with Crippen LogP contribution in [0.25, 0.3) is 0 Å². The van der Waals surface area contributed by atoms with Crippen molar-refractivity contribution in [2.45, 2.75) is 39.2 Å². The molecular weight excluding hydrogens is 342 g/mol. The number of hydrogen-bond donors (Lipinski definition) is 1. The van der Waals surface area contributed by atoms with Crippen LogP contribution in [0.3, 0.4) is 0 Å². The minimum atomic E-state index is 0.0541. The molecule has 0 spiro atoms. The molecule has 27 heavy (non-hydrogen) atoms. The van der Waals surface area contributed by atoms with E-state index in [0.717, 1.165) is 43.7 Å². The Balaban J connectivity index is 1.44. The van der Waals surface area contributed by atoms with E-state index >= 15 is 0 Å². The van der Waals surface area contributed by atoms with Gasteiger partial charge in [-0.3, -0.25) is 9.59 Å². The Bertz CT molecular complexity index is 761. The van der Waals surface area contributed by atoms with Crippen LogP contribution in [0.1, 0.15) is 48.9 Å². The van der Waals surface area contributed by atoms with Crippen molar-refractivity contribution in [3.63, 3.8) is 0 Å². The van der Waals surface area contributed by atoms with Crippen molar-refractivity contribution in [2.75, 3.05) is 24.5 Å². The highest BCUT2D eigenvalue weighted by Crippen LogP contribution is 2.23. The van der Waals surface area contributed by atoms with Crippen LogP contribution >= 0.6 is 0 Å². The Morgan fingerprint density at radius 3 is 2.59 bits per heavy atom. The maximum Gasteiger partial charge on any atom is 0.223 e. The molecule has 0 saturated carbocycles. The second-order valence-electron chi connectivity index (χ2n) is 7.26. The number of aromatic nitrogens is 3. The van der Waals surface area contributed by atoms with Crippen LogP contribution in [-0.2, 0) is 11.2 Å². The largest absolute Gasteiger partial charge is 0.371 e. The first-order valence-corrected chi connectivity index (χ1v) is 9.54. The van der Waals surface area contributed by atoms with Gasteiger partial charge >= 0.3 is 0 Å². The molecule has 0 aliphatic carbocycles. The summed E-state index contributed by atoms with van der Waals surface area (Å²) in [6.45, 7) is 6.45. The summed E-state index contributed by atoms with van der Waals surface area (Å²) in [5.74, 6) is 1.08. The zero-order chi connectivity index (χ0) is 19.2. The molecule has 0 atom stereocenters. The van der Waals surface area contributed by atoms with E-state index in [-0.39, 0.29) is 11.8 Å². The Kier molecular flexibility index (Phi) is 6.21. The van der Waals surface area contributed by atoms with Crippen molar-refractivity contribution in [1.82, 2.24) is 20.1 Å². The van der Waals surface area contributed by atoms with Crippen LogP contribution in [0.4, 0.5) is 5.69 Å². The van der Waals surface area contributed by atoms with Gasteiger partial charge in [-0.25, -0.2) is 0 Å². The maximum atomic E-state index is 12.5. The predicted molar refractivity (Wildman–Crippen MR) is 104 cm³/mol. The van der Waals surface area contributed by atoms with Crippen molar-refractivity contribution in [1.29, 1.82) is 0 Å². The first kappa shape index (κ1) is 19.1. The quantitative estimate of drug-likeness (QED) is 0.757. The van der Waals surface area contributed by atoms with Crippen LogP contribution in [0, 0.1) is 5.92 Å². The molecule has 2 heterocycles. The fraction of sp³-hybridized carbons (Fsp3) is 0.500. The summed E-state index contributed by atoms with van der Waals surface area (Å²) in [4.78, 5) is 25.5. The minimum Gasteiger partial charge on any atom is -0.371 e. The van der Waals surface area contributed by atoms with Gasteiger partial charge in [-0.15, -0.1) is 10.2 Å².